The van der Waals surface area contributed by atoms with Crippen LogP contribution in [0.4, 0.5) is 0 Å². The summed E-state index contributed by atoms with van der Waals surface area (Å²) < 4.78 is 4.71. The SMILES string of the molecule is CCCCCc1cc[n+](CCCCCCCC[n+]2ccc(CCCCC)cc2)cc1. The molecule has 0 aliphatic heterocycles. The predicted octanol–water partition coefficient (Wildman–Crippen LogP) is 6.77. The van der Waals surface area contributed by atoms with E-state index in [4.69, 9.17) is 0 Å². The molecule has 0 unspecified atom stereocenters. The van der Waals surface area contributed by atoms with Crippen molar-refractivity contribution < 1.29 is 9.13 Å². The van der Waals surface area contributed by atoms with E-state index < -0.39 is 0 Å². The van der Waals surface area contributed by atoms with Crippen molar-refractivity contribution in [3.8, 4) is 0 Å². The predicted molar refractivity (Wildman–Crippen MR) is 127 cm³/mol. The van der Waals surface area contributed by atoms with Crippen molar-refractivity contribution in [3.63, 3.8) is 0 Å². The highest BCUT2D eigenvalue weighted by Crippen LogP contribution is 2.08. The molecule has 0 atom stereocenters. The molecular weight excluding hydrogens is 364 g/mol. The third-order valence-corrected chi connectivity index (χ3v) is 6.14. The van der Waals surface area contributed by atoms with Gasteiger partial charge in [0.05, 0.1) is 0 Å². The fourth-order valence-electron chi connectivity index (χ4n) is 4.06. The van der Waals surface area contributed by atoms with Crippen LogP contribution >= 0.6 is 0 Å². The normalized spacial score (nSPS) is 11.1. The Kier molecular flexibility index (Phi) is 13.1. The number of hydrogen-bond acceptors (Lipinski definition) is 0. The van der Waals surface area contributed by atoms with Gasteiger partial charge in [-0.2, -0.15) is 0 Å². The monoisotopic (exact) mass is 410 g/mol. The van der Waals surface area contributed by atoms with Gasteiger partial charge in [-0.05, 0) is 49.7 Å². The van der Waals surface area contributed by atoms with E-state index in [0.29, 0.717) is 0 Å². The van der Waals surface area contributed by atoms with Crippen molar-refractivity contribution in [2.45, 2.75) is 117 Å². The Balaban J connectivity index is 1.47. The molecule has 2 nitrogen and oxygen atoms in total. The van der Waals surface area contributed by atoms with Gasteiger partial charge in [0.2, 0.25) is 0 Å². The lowest BCUT2D eigenvalue weighted by molar-refractivity contribution is -0.697. The van der Waals surface area contributed by atoms with Gasteiger partial charge in [0.25, 0.3) is 0 Å². The number of nitrogens with zero attached hydrogens (tertiary/aromatic N) is 2. The van der Waals surface area contributed by atoms with E-state index in [2.05, 4.69) is 72.0 Å². The van der Waals surface area contributed by atoms with Crippen LogP contribution in [-0.4, -0.2) is 0 Å². The van der Waals surface area contributed by atoms with Crippen LogP contribution in [0.5, 0.6) is 0 Å². The van der Waals surface area contributed by atoms with Crippen LogP contribution in [0.2, 0.25) is 0 Å². The van der Waals surface area contributed by atoms with Gasteiger partial charge in [0.1, 0.15) is 13.1 Å². The molecule has 0 bridgehead atoms. The Labute approximate surface area is 186 Å². The molecule has 0 aromatic carbocycles. The lowest BCUT2D eigenvalue weighted by atomic mass is 10.1. The zero-order valence-corrected chi connectivity index (χ0v) is 19.8. The van der Waals surface area contributed by atoms with Gasteiger partial charge < -0.3 is 0 Å². The largest absolute Gasteiger partial charge is 0.205 e. The van der Waals surface area contributed by atoms with Crippen molar-refractivity contribution in [2.24, 2.45) is 0 Å². The Morgan fingerprint density at radius 1 is 0.467 bits per heavy atom. The molecule has 0 fully saturated rings. The van der Waals surface area contributed by atoms with Crippen LogP contribution in [0.25, 0.3) is 0 Å². The van der Waals surface area contributed by atoms with E-state index in [0.717, 1.165) is 13.1 Å². The number of unbranched alkanes of at least 4 members (excludes halogenated alkanes) is 9. The minimum atomic E-state index is 1.16. The third-order valence-electron chi connectivity index (χ3n) is 6.14. The maximum atomic E-state index is 2.35. The standard InChI is InChI=1S/C28H46N2/c1-3-5-11-15-27-17-23-29(24-18-27)21-13-9-7-8-10-14-22-30-25-19-28(20-26-30)16-12-6-4-2/h17-20,23-26H,3-16,21-22H2,1-2H3/q+2. The molecule has 166 valence electrons. The molecule has 0 radical (unpaired) electrons. The molecule has 0 aliphatic rings. The van der Waals surface area contributed by atoms with Gasteiger partial charge in [-0.3, -0.25) is 0 Å². The third kappa shape index (κ3) is 10.9. The average molecular weight is 411 g/mol. The van der Waals surface area contributed by atoms with Crippen molar-refractivity contribution in [1.29, 1.82) is 0 Å². The number of aryl methyl sites for hydroxylation is 4. The Morgan fingerprint density at radius 2 is 0.833 bits per heavy atom. The maximum Gasteiger partial charge on any atom is 0.169 e. The van der Waals surface area contributed by atoms with Crippen LogP contribution < -0.4 is 9.13 Å². The molecule has 30 heavy (non-hydrogen) atoms. The topological polar surface area (TPSA) is 7.76 Å². The summed E-state index contributed by atoms with van der Waals surface area (Å²) in [6.45, 7) is 6.86. The van der Waals surface area contributed by atoms with Crippen LogP contribution in [0.1, 0.15) is 102 Å². The van der Waals surface area contributed by atoms with Crippen molar-refractivity contribution in [2.75, 3.05) is 0 Å². The molecule has 0 N–H and O–H groups in total. The molecule has 2 heteroatoms. The Bertz CT molecular complexity index is 586. The molecule has 0 saturated heterocycles. The lowest BCUT2D eigenvalue weighted by Gasteiger charge is -2.02. The smallest absolute Gasteiger partial charge is 0.169 e. The first-order valence-corrected chi connectivity index (χ1v) is 12.8. The molecule has 2 aromatic heterocycles. The summed E-state index contributed by atoms with van der Waals surface area (Å²) in [4.78, 5) is 0. The second kappa shape index (κ2) is 16.1. The van der Waals surface area contributed by atoms with Gasteiger partial charge in [-0.25, -0.2) is 9.13 Å². The van der Waals surface area contributed by atoms with Gasteiger partial charge >= 0.3 is 0 Å². The number of pyridine rings is 2. The summed E-state index contributed by atoms with van der Waals surface area (Å²) in [5.41, 5.74) is 2.98. The van der Waals surface area contributed by atoms with Gasteiger partial charge in [-0.15, -0.1) is 0 Å². The van der Waals surface area contributed by atoms with Gasteiger partial charge in [-0.1, -0.05) is 52.4 Å². The zero-order valence-electron chi connectivity index (χ0n) is 19.8. The lowest BCUT2D eigenvalue weighted by Crippen LogP contribution is -2.32. The minimum Gasteiger partial charge on any atom is -0.205 e. The van der Waals surface area contributed by atoms with E-state index in [-0.39, 0.29) is 0 Å². The van der Waals surface area contributed by atoms with Crippen LogP contribution in [0.15, 0.2) is 49.1 Å². The summed E-state index contributed by atoms with van der Waals surface area (Å²) in [7, 11) is 0. The Morgan fingerprint density at radius 3 is 1.20 bits per heavy atom. The summed E-state index contributed by atoms with van der Waals surface area (Å²) in [5, 5.41) is 0. The molecule has 0 spiro atoms. The average Bonchev–Trinajstić information content (AvgIpc) is 2.78. The van der Waals surface area contributed by atoms with Crippen LogP contribution in [0, 0.1) is 0 Å². The molecule has 0 saturated carbocycles. The second-order valence-electron chi connectivity index (χ2n) is 8.92. The first-order chi connectivity index (χ1) is 14.8. The van der Waals surface area contributed by atoms with Crippen molar-refractivity contribution in [1.82, 2.24) is 0 Å². The fraction of sp³-hybridized carbons (Fsp3) is 0.643. The van der Waals surface area contributed by atoms with Crippen molar-refractivity contribution in [3.05, 3.63) is 60.2 Å². The zero-order chi connectivity index (χ0) is 21.3. The van der Waals surface area contributed by atoms with Gasteiger partial charge in [0.15, 0.2) is 24.8 Å². The van der Waals surface area contributed by atoms with E-state index >= 15 is 0 Å². The molecule has 0 amide bonds. The molecule has 2 rings (SSSR count). The highest BCUT2D eigenvalue weighted by Gasteiger charge is 2.03. The fourth-order valence-corrected chi connectivity index (χ4v) is 4.06. The van der Waals surface area contributed by atoms with Gasteiger partial charge in [0, 0.05) is 37.1 Å². The molecule has 0 aliphatic carbocycles. The van der Waals surface area contributed by atoms with E-state index in [9.17, 15) is 0 Å². The number of hydrogen-bond donors (Lipinski definition) is 0. The number of rotatable bonds is 17. The Hall–Kier alpha value is -1.70. The molecular formula is C28H46N2+2. The minimum absolute atomic E-state index is 1.16. The van der Waals surface area contributed by atoms with Crippen LogP contribution in [0.3, 0.4) is 0 Å². The summed E-state index contributed by atoms with van der Waals surface area (Å²) >= 11 is 0. The van der Waals surface area contributed by atoms with E-state index in [1.807, 2.05) is 0 Å². The highest BCUT2D eigenvalue weighted by atomic mass is 14.9. The van der Waals surface area contributed by atoms with Crippen molar-refractivity contribution >= 4 is 0 Å². The highest BCUT2D eigenvalue weighted by molar-refractivity contribution is 5.07. The summed E-state index contributed by atoms with van der Waals surface area (Å²) in [6.07, 6.45) is 27.5. The van der Waals surface area contributed by atoms with E-state index in [1.165, 1.54) is 101 Å². The maximum absolute atomic E-state index is 2.35. The van der Waals surface area contributed by atoms with Crippen LogP contribution in [-0.2, 0) is 25.9 Å². The summed E-state index contributed by atoms with van der Waals surface area (Å²) in [5.74, 6) is 0. The second-order valence-corrected chi connectivity index (χ2v) is 8.92. The first kappa shape index (κ1) is 24.6. The van der Waals surface area contributed by atoms with E-state index in [1.54, 1.807) is 0 Å². The first-order valence-electron chi connectivity index (χ1n) is 12.8. The molecule has 2 heterocycles. The number of aromatic nitrogens is 2. The quantitative estimate of drug-likeness (QED) is 0.201. The molecule has 2 aromatic rings. The summed E-state index contributed by atoms with van der Waals surface area (Å²) in [6, 6.07) is 9.24.